The zero-order valence-corrected chi connectivity index (χ0v) is 5.13. The summed E-state index contributed by atoms with van der Waals surface area (Å²) in [7, 11) is 0. The molecule has 1 atom stereocenters. The van der Waals surface area contributed by atoms with Gasteiger partial charge in [0, 0.05) is 0 Å². The van der Waals surface area contributed by atoms with Crippen molar-refractivity contribution in [2.75, 3.05) is 0 Å². The number of alkyl halides is 1. The van der Waals surface area contributed by atoms with Crippen molar-refractivity contribution in [3.8, 4) is 0 Å². The summed E-state index contributed by atoms with van der Waals surface area (Å²) < 4.78 is 0. The van der Waals surface area contributed by atoms with Gasteiger partial charge in [-0.2, -0.15) is 0 Å². The molecule has 0 saturated carbocycles. The molecule has 0 amide bonds. The highest BCUT2D eigenvalue weighted by molar-refractivity contribution is 6.31. The van der Waals surface area contributed by atoms with E-state index in [-0.39, 0.29) is 5.70 Å². The monoisotopic (exact) mass is 149 g/mol. The maximum Gasteiger partial charge on any atom is 0.327 e. The number of halogens is 1. The smallest absolute Gasteiger partial charge is 0.327 e. The molecule has 0 aromatic heterocycles. The van der Waals surface area contributed by atoms with Crippen LogP contribution in [0.4, 0.5) is 0 Å². The first-order valence-corrected chi connectivity index (χ1v) is 2.42. The summed E-state index contributed by atoms with van der Waals surface area (Å²) in [6.45, 7) is 3.00. The molecule has 0 aliphatic heterocycles. The summed E-state index contributed by atoms with van der Waals surface area (Å²) in [5.74, 6) is -1.32. The summed E-state index contributed by atoms with van der Waals surface area (Å²) in [6, 6.07) is 0. The molecule has 0 heterocycles. The lowest BCUT2D eigenvalue weighted by molar-refractivity contribution is -0.135. The van der Waals surface area contributed by atoms with Gasteiger partial charge in [0.05, 0.1) is 0 Å². The number of nitrogens with zero attached hydrogens (tertiary/aromatic N) is 1. The summed E-state index contributed by atoms with van der Waals surface area (Å²) in [5, 5.41) is 8.94. The average molecular weight is 150 g/mol. The van der Waals surface area contributed by atoms with Crippen molar-refractivity contribution in [1.82, 2.24) is 0 Å². The van der Waals surface area contributed by atoms with Crippen molar-refractivity contribution in [3.05, 3.63) is 17.2 Å². The SMILES string of the molecule is C=C(N=O)C(Cl)C(=O)O. The quantitative estimate of drug-likeness (QED) is 0.480. The van der Waals surface area contributed by atoms with Crippen molar-refractivity contribution < 1.29 is 9.90 Å². The van der Waals surface area contributed by atoms with Gasteiger partial charge < -0.3 is 5.11 Å². The van der Waals surface area contributed by atoms with Crippen LogP contribution in [-0.2, 0) is 4.79 Å². The van der Waals surface area contributed by atoms with Gasteiger partial charge in [-0.15, -0.1) is 16.5 Å². The van der Waals surface area contributed by atoms with Crippen LogP contribution in [0.3, 0.4) is 0 Å². The van der Waals surface area contributed by atoms with E-state index >= 15 is 0 Å². The van der Waals surface area contributed by atoms with Crippen molar-refractivity contribution in [2.45, 2.75) is 5.38 Å². The van der Waals surface area contributed by atoms with Gasteiger partial charge in [0.15, 0.2) is 5.38 Å². The Morgan fingerprint density at radius 1 is 1.78 bits per heavy atom. The molecule has 0 bridgehead atoms. The lowest BCUT2D eigenvalue weighted by Gasteiger charge is -1.96. The number of aliphatic carboxylic acids is 1. The van der Waals surface area contributed by atoms with Gasteiger partial charge in [0.2, 0.25) is 0 Å². The average Bonchev–Trinajstić information content (AvgIpc) is 1.84. The summed E-state index contributed by atoms with van der Waals surface area (Å²) >= 11 is 5.07. The number of nitroso groups, excluding NO2 is 1. The Hall–Kier alpha value is -0.900. The number of carbonyl (C=O) groups is 1. The predicted octanol–water partition coefficient (Wildman–Crippen LogP) is 0.958. The fraction of sp³-hybridized carbons (Fsp3) is 0.250. The van der Waals surface area contributed by atoms with Gasteiger partial charge in [0.25, 0.3) is 0 Å². The molecule has 1 N–H and O–H groups in total. The molecule has 0 radical (unpaired) electrons. The second-order valence-electron chi connectivity index (χ2n) is 1.28. The first-order valence-electron chi connectivity index (χ1n) is 1.98. The molecular formula is C4H4ClNO3. The highest BCUT2D eigenvalue weighted by Gasteiger charge is 2.17. The Morgan fingerprint density at radius 3 is 2.33 bits per heavy atom. The second-order valence-corrected chi connectivity index (χ2v) is 1.72. The standard InChI is InChI=1S/C4H4ClNO3/c1-2(6-9)3(5)4(7)8/h3H,1H2,(H,7,8). The van der Waals surface area contributed by atoms with Crippen LogP contribution in [0.25, 0.3) is 0 Å². The van der Waals surface area contributed by atoms with Crippen molar-refractivity contribution in [2.24, 2.45) is 5.18 Å². The van der Waals surface area contributed by atoms with E-state index in [0.29, 0.717) is 0 Å². The third kappa shape index (κ3) is 2.23. The lowest BCUT2D eigenvalue weighted by Crippen LogP contribution is -2.13. The number of hydrogen-bond donors (Lipinski definition) is 1. The second kappa shape index (κ2) is 3.19. The molecule has 9 heavy (non-hydrogen) atoms. The maximum absolute atomic E-state index is 9.91. The van der Waals surface area contributed by atoms with Gasteiger partial charge in [-0.1, -0.05) is 6.58 Å². The van der Waals surface area contributed by atoms with Gasteiger partial charge in [-0.05, 0) is 5.18 Å². The third-order valence-electron chi connectivity index (χ3n) is 0.627. The number of rotatable bonds is 3. The Balaban J connectivity index is 4.03. The Labute approximate surface area is 56.1 Å². The topological polar surface area (TPSA) is 66.7 Å². The highest BCUT2D eigenvalue weighted by atomic mass is 35.5. The predicted molar refractivity (Wildman–Crippen MR) is 32.2 cm³/mol. The van der Waals surface area contributed by atoms with Crippen molar-refractivity contribution in [3.63, 3.8) is 0 Å². The van der Waals surface area contributed by atoms with Crippen LogP contribution in [0, 0.1) is 4.91 Å². The molecule has 5 heteroatoms. The summed E-state index contributed by atoms with van der Waals surface area (Å²) in [6.07, 6.45) is 0. The molecule has 0 aliphatic carbocycles. The van der Waals surface area contributed by atoms with Crippen LogP contribution in [0.5, 0.6) is 0 Å². The Morgan fingerprint density at radius 2 is 2.22 bits per heavy atom. The van der Waals surface area contributed by atoms with E-state index in [2.05, 4.69) is 11.8 Å². The van der Waals surface area contributed by atoms with Crippen LogP contribution < -0.4 is 0 Å². The molecule has 0 aromatic carbocycles. The zero-order valence-electron chi connectivity index (χ0n) is 4.37. The molecule has 0 fully saturated rings. The minimum Gasteiger partial charge on any atom is -0.480 e. The van der Waals surface area contributed by atoms with Gasteiger partial charge >= 0.3 is 5.97 Å². The molecule has 0 spiro atoms. The van der Waals surface area contributed by atoms with Gasteiger partial charge in [-0.25, -0.2) is 0 Å². The minimum absolute atomic E-state index is 0.385. The van der Waals surface area contributed by atoms with Crippen LogP contribution in [-0.4, -0.2) is 16.5 Å². The Kier molecular flexibility index (Phi) is 2.87. The zero-order chi connectivity index (χ0) is 7.44. The van der Waals surface area contributed by atoms with Crippen LogP contribution in [0.1, 0.15) is 0 Å². The first kappa shape index (κ1) is 8.10. The van der Waals surface area contributed by atoms with E-state index in [0.717, 1.165) is 0 Å². The van der Waals surface area contributed by atoms with E-state index in [1.165, 1.54) is 0 Å². The number of carboxylic acid groups (broad SMARTS) is 1. The molecule has 0 rings (SSSR count). The van der Waals surface area contributed by atoms with Gasteiger partial charge in [-0.3, -0.25) is 4.79 Å². The van der Waals surface area contributed by atoms with Gasteiger partial charge in [0.1, 0.15) is 5.70 Å². The first-order chi connectivity index (χ1) is 4.09. The fourth-order valence-corrected chi connectivity index (χ4v) is 0.229. The molecule has 0 aliphatic rings. The third-order valence-corrected chi connectivity index (χ3v) is 1.07. The number of carboxylic acids is 1. The largest absolute Gasteiger partial charge is 0.480 e. The molecule has 4 nitrogen and oxygen atoms in total. The van der Waals surface area contributed by atoms with Crippen LogP contribution in [0.2, 0.25) is 0 Å². The molecule has 0 saturated heterocycles. The molecule has 0 aromatic rings. The minimum atomic E-state index is -1.40. The Bertz CT molecular complexity index is 156. The summed E-state index contributed by atoms with van der Waals surface area (Å²) in [4.78, 5) is 19.5. The molecular weight excluding hydrogens is 146 g/mol. The maximum atomic E-state index is 9.91. The van der Waals surface area contributed by atoms with Crippen molar-refractivity contribution in [1.29, 1.82) is 0 Å². The fourth-order valence-electron chi connectivity index (χ4n) is 0.189. The molecule has 50 valence electrons. The number of hydrogen-bond acceptors (Lipinski definition) is 3. The van der Waals surface area contributed by atoms with E-state index in [9.17, 15) is 9.70 Å². The van der Waals surface area contributed by atoms with E-state index < -0.39 is 11.3 Å². The van der Waals surface area contributed by atoms with E-state index in [1.807, 2.05) is 0 Å². The van der Waals surface area contributed by atoms with Crippen LogP contribution in [0.15, 0.2) is 17.5 Å². The lowest BCUT2D eigenvalue weighted by atomic mass is 10.3. The van der Waals surface area contributed by atoms with E-state index in [1.54, 1.807) is 0 Å². The summed E-state index contributed by atoms with van der Waals surface area (Å²) in [5.41, 5.74) is -0.385. The van der Waals surface area contributed by atoms with E-state index in [4.69, 9.17) is 16.7 Å². The van der Waals surface area contributed by atoms with Crippen molar-refractivity contribution >= 4 is 17.6 Å². The normalized spacial score (nSPS) is 12.1. The van der Waals surface area contributed by atoms with Crippen LogP contribution >= 0.6 is 11.6 Å². The highest BCUT2D eigenvalue weighted by Crippen LogP contribution is 2.07. The molecule has 1 unspecified atom stereocenters.